The number of fused-ring (bicyclic) bond motifs is 2. The van der Waals surface area contributed by atoms with Gasteiger partial charge in [-0.25, -0.2) is 16.8 Å². The number of sulfonamides is 2. The molecule has 2 aromatic rings. The Hall–Kier alpha value is -2.59. The predicted octanol–water partition coefficient (Wildman–Crippen LogP) is 2.11. The number of anilines is 3. The molecule has 10 heteroatoms. The molecule has 4 rings (SSSR count). The molecule has 0 bridgehead atoms. The van der Waals surface area contributed by atoms with Crippen LogP contribution in [0.1, 0.15) is 24.5 Å². The fraction of sp³-hybridized carbons (Fsp3) is 0.350. The van der Waals surface area contributed by atoms with E-state index in [0.29, 0.717) is 37.3 Å². The molecule has 0 aromatic heterocycles. The second-order valence-corrected chi connectivity index (χ2v) is 11.2. The first-order chi connectivity index (χ1) is 14.1. The van der Waals surface area contributed by atoms with Crippen LogP contribution >= 0.6 is 0 Å². The van der Waals surface area contributed by atoms with Crippen LogP contribution in [0.15, 0.2) is 41.3 Å². The zero-order valence-corrected chi connectivity index (χ0v) is 18.4. The Morgan fingerprint density at radius 3 is 2.40 bits per heavy atom. The molecular weight excluding hydrogens is 426 g/mol. The SMILES string of the molecule is CC(=O)N1CCCc2cc(S(=O)(=O)Nc3ccc4c(c3)N(S(C)(=O)=O)CC4)ccc21. The third-order valence-corrected chi connectivity index (χ3v) is 8.01. The van der Waals surface area contributed by atoms with Crippen LogP contribution in [0.25, 0.3) is 0 Å². The van der Waals surface area contributed by atoms with Crippen LogP contribution in [0.4, 0.5) is 17.1 Å². The number of nitrogens with zero attached hydrogens (tertiary/aromatic N) is 2. The molecule has 0 unspecified atom stereocenters. The van der Waals surface area contributed by atoms with Gasteiger partial charge in [0, 0.05) is 25.7 Å². The van der Waals surface area contributed by atoms with E-state index in [1.54, 1.807) is 35.2 Å². The van der Waals surface area contributed by atoms with E-state index in [0.717, 1.165) is 29.5 Å². The Balaban J connectivity index is 1.64. The van der Waals surface area contributed by atoms with Crippen molar-refractivity contribution >= 4 is 43.0 Å². The normalized spacial score (nSPS) is 16.2. The van der Waals surface area contributed by atoms with Gasteiger partial charge in [0.1, 0.15) is 0 Å². The standard InChI is InChI=1S/C20H23N3O5S2/c1-14(24)22-10-3-4-16-12-18(7-8-19(16)22)30(27,28)21-17-6-5-15-9-11-23(20(15)13-17)29(2,25)26/h5-8,12-13,21H,3-4,9-11H2,1-2H3. The highest BCUT2D eigenvalue weighted by atomic mass is 32.2. The number of nitrogens with one attached hydrogen (secondary N) is 1. The zero-order valence-electron chi connectivity index (χ0n) is 16.8. The number of amides is 1. The second-order valence-electron chi connectivity index (χ2n) is 7.60. The summed E-state index contributed by atoms with van der Waals surface area (Å²) in [6.07, 6.45) is 3.20. The molecule has 2 aromatic carbocycles. The van der Waals surface area contributed by atoms with Gasteiger partial charge in [0.2, 0.25) is 15.9 Å². The van der Waals surface area contributed by atoms with Crippen molar-refractivity contribution in [2.24, 2.45) is 0 Å². The number of carbonyl (C=O) groups is 1. The van der Waals surface area contributed by atoms with Gasteiger partial charge in [-0.3, -0.25) is 13.8 Å². The third kappa shape index (κ3) is 3.77. The summed E-state index contributed by atoms with van der Waals surface area (Å²) in [6, 6.07) is 9.69. The highest BCUT2D eigenvalue weighted by Crippen LogP contribution is 2.34. The molecule has 0 fully saturated rings. The van der Waals surface area contributed by atoms with Gasteiger partial charge in [0.25, 0.3) is 10.0 Å². The molecule has 0 atom stereocenters. The molecule has 0 saturated carbocycles. The Kier molecular flexibility index (Phi) is 5.01. The van der Waals surface area contributed by atoms with E-state index in [1.807, 2.05) is 0 Å². The summed E-state index contributed by atoms with van der Waals surface area (Å²) in [7, 11) is -7.30. The number of carbonyl (C=O) groups excluding carboxylic acids is 1. The minimum atomic E-state index is -3.88. The summed E-state index contributed by atoms with van der Waals surface area (Å²) in [6.45, 7) is 2.47. The highest BCUT2D eigenvalue weighted by molar-refractivity contribution is 7.92. The lowest BCUT2D eigenvalue weighted by atomic mass is 10.0. The van der Waals surface area contributed by atoms with Crippen molar-refractivity contribution in [1.82, 2.24) is 0 Å². The Labute approximate surface area is 176 Å². The van der Waals surface area contributed by atoms with Gasteiger partial charge in [-0.15, -0.1) is 0 Å². The average molecular weight is 450 g/mol. The molecule has 0 radical (unpaired) electrons. The van der Waals surface area contributed by atoms with Crippen LogP contribution in [0.5, 0.6) is 0 Å². The molecule has 2 aliphatic heterocycles. The van der Waals surface area contributed by atoms with Crippen molar-refractivity contribution in [2.45, 2.75) is 31.1 Å². The van der Waals surface area contributed by atoms with Gasteiger partial charge < -0.3 is 4.90 Å². The highest BCUT2D eigenvalue weighted by Gasteiger charge is 2.27. The van der Waals surface area contributed by atoms with Gasteiger partial charge in [-0.1, -0.05) is 6.07 Å². The molecule has 0 aliphatic carbocycles. The molecule has 0 spiro atoms. The average Bonchev–Trinajstić information content (AvgIpc) is 3.10. The fourth-order valence-electron chi connectivity index (χ4n) is 4.04. The molecule has 30 heavy (non-hydrogen) atoms. The van der Waals surface area contributed by atoms with E-state index >= 15 is 0 Å². The van der Waals surface area contributed by atoms with E-state index in [-0.39, 0.29) is 10.8 Å². The number of rotatable bonds is 4. The lowest BCUT2D eigenvalue weighted by Gasteiger charge is -2.28. The van der Waals surface area contributed by atoms with Crippen molar-refractivity contribution in [1.29, 1.82) is 0 Å². The topological polar surface area (TPSA) is 104 Å². The van der Waals surface area contributed by atoms with Gasteiger partial charge in [-0.05, 0) is 60.7 Å². The summed E-state index contributed by atoms with van der Waals surface area (Å²) in [5.74, 6) is -0.0711. The monoisotopic (exact) mass is 449 g/mol. The van der Waals surface area contributed by atoms with E-state index < -0.39 is 20.0 Å². The van der Waals surface area contributed by atoms with Crippen LogP contribution < -0.4 is 13.9 Å². The number of hydrogen-bond acceptors (Lipinski definition) is 5. The number of benzene rings is 2. The first-order valence-electron chi connectivity index (χ1n) is 9.61. The van der Waals surface area contributed by atoms with E-state index in [1.165, 1.54) is 17.3 Å². The zero-order chi connectivity index (χ0) is 21.7. The quantitative estimate of drug-likeness (QED) is 0.770. The summed E-state index contributed by atoms with van der Waals surface area (Å²) >= 11 is 0. The van der Waals surface area contributed by atoms with Crippen molar-refractivity contribution in [3.8, 4) is 0 Å². The van der Waals surface area contributed by atoms with Gasteiger partial charge in [0.05, 0.1) is 22.5 Å². The smallest absolute Gasteiger partial charge is 0.261 e. The summed E-state index contributed by atoms with van der Waals surface area (Å²) in [4.78, 5) is 13.6. The van der Waals surface area contributed by atoms with Gasteiger partial charge in [0.15, 0.2) is 0 Å². The second kappa shape index (κ2) is 7.28. The van der Waals surface area contributed by atoms with Crippen molar-refractivity contribution in [3.63, 3.8) is 0 Å². The van der Waals surface area contributed by atoms with Crippen molar-refractivity contribution in [2.75, 3.05) is 33.3 Å². The van der Waals surface area contributed by atoms with Gasteiger partial charge in [-0.2, -0.15) is 0 Å². The summed E-state index contributed by atoms with van der Waals surface area (Å²) in [5.41, 5.74) is 3.22. The number of aryl methyl sites for hydroxylation is 1. The van der Waals surface area contributed by atoms with Crippen LogP contribution in [0.3, 0.4) is 0 Å². The first-order valence-corrected chi connectivity index (χ1v) is 12.9. The largest absolute Gasteiger partial charge is 0.312 e. The Morgan fingerprint density at radius 2 is 1.70 bits per heavy atom. The maximum atomic E-state index is 13.0. The minimum Gasteiger partial charge on any atom is -0.312 e. The third-order valence-electron chi connectivity index (χ3n) is 5.45. The Morgan fingerprint density at radius 1 is 0.933 bits per heavy atom. The molecular formula is C20H23N3O5S2. The van der Waals surface area contributed by atoms with Crippen LogP contribution in [-0.4, -0.2) is 42.1 Å². The lowest BCUT2D eigenvalue weighted by Crippen LogP contribution is -2.33. The lowest BCUT2D eigenvalue weighted by molar-refractivity contribution is -0.116. The minimum absolute atomic E-state index is 0.0711. The molecule has 0 saturated heterocycles. The Bertz CT molecular complexity index is 1240. The molecule has 2 heterocycles. The molecule has 1 N–H and O–H groups in total. The summed E-state index contributed by atoms with van der Waals surface area (Å²) < 4.78 is 53.7. The molecule has 8 nitrogen and oxygen atoms in total. The predicted molar refractivity (Wildman–Crippen MR) is 116 cm³/mol. The molecule has 2 aliphatic rings. The fourth-order valence-corrected chi connectivity index (χ4v) is 6.09. The molecule has 160 valence electrons. The van der Waals surface area contributed by atoms with Crippen molar-refractivity contribution in [3.05, 3.63) is 47.5 Å². The van der Waals surface area contributed by atoms with E-state index in [9.17, 15) is 21.6 Å². The molecule has 1 amide bonds. The maximum Gasteiger partial charge on any atom is 0.261 e. The van der Waals surface area contributed by atoms with E-state index in [2.05, 4.69) is 4.72 Å². The first kappa shape index (κ1) is 20.7. The van der Waals surface area contributed by atoms with Crippen LogP contribution in [-0.2, 0) is 37.7 Å². The van der Waals surface area contributed by atoms with Crippen LogP contribution in [0.2, 0.25) is 0 Å². The van der Waals surface area contributed by atoms with Crippen LogP contribution in [0, 0.1) is 0 Å². The van der Waals surface area contributed by atoms with Gasteiger partial charge >= 0.3 is 0 Å². The summed E-state index contributed by atoms with van der Waals surface area (Å²) in [5, 5.41) is 0. The van der Waals surface area contributed by atoms with E-state index in [4.69, 9.17) is 0 Å². The maximum absolute atomic E-state index is 13.0. The number of hydrogen-bond donors (Lipinski definition) is 1. The van der Waals surface area contributed by atoms with Crippen molar-refractivity contribution < 1.29 is 21.6 Å².